The Balaban J connectivity index is 1.74. The number of piperazine rings is 1. The summed E-state index contributed by atoms with van der Waals surface area (Å²) in [6, 6.07) is 5.18. The third-order valence-corrected chi connectivity index (χ3v) is 4.93. The number of carbonyl (C=O) groups excluding carboxylic acids is 1. The summed E-state index contributed by atoms with van der Waals surface area (Å²) in [7, 11) is 0. The summed E-state index contributed by atoms with van der Waals surface area (Å²) < 4.78 is 11.5. The van der Waals surface area contributed by atoms with E-state index in [0.29, 0.717) is 31.8 Å². The largest absolute Gasteiger partial charge is 0.475 e. The SMILES string of the molecule is CC(C)(C)OC(=O)N1CCN(c2ccc3oc(C(=O)O)cc3c2Br)CC1. The maximum absolute atomic E-state index is 12.2. The number of ether oxygens (including phenoxy) is 1. The van der Waals surface area contributed by atoms with Gasteiger partial charge in [-0.15, -0.1) is 0 Å². The number of fused-ring (bicyclic) bond motifs is 1. The minimum atomic E-state index is -1.10. The van der Waals surface area contributed by atoms with Crippen LogP contribution < -0.4 is 4.90 Å². The number of furan rings is 1. The fourth-order valence-electron chi connectivity index (χ4n) is 2.87. The van der Waals surface area contributed by atoms with Crippen molar-refractivity contribution >= 4 is 44.6 Å². The number of amides is 1. The van der Waals surface area contributed by atoms with Crippen molar-refractivity contribution in [1.82, 2.24) is 4.90 Å². The smallest absolute Gasteiger partial charge is 0.410 e. The number of carboxylic acids is 1. The Hall–Kier alpha value is -2.22. The van der Waals surface area contributed by atoms with E-state index >= 15 is 0 Å². The number of aromatic carboxylic acids is 1. The van der Waals surface area contributed by atoms with E-state index in [1.54, 1.807) is 11.0 Å². The molecule has 0 aliphatic carbocycles. The summed E-state index contributed by atoms with van der Waals surface area (Å²) in [5.41, 5.74) is 0.954. The summed E-state index contributed by atoms with van der Waals surface area (Å²) in [5, 5.41) is 9.80. The molecule has 1 fully saturated rings. The Bertz CT molecular complexity index is 847. The van der Waals surface area contributed by atoms with Gasteiger partial charge in [-0.05, 0) is 48.8 Å². The minimum absolute atomic E-state index is 0.0902. The molecule has 0 radical (unpaired) electrons. The molecule has 0 unspecified atom stereocenters. The molecule has 0 atom stereocenters. The summed E-state index contributed by atoms with van der Waals surface area (Å²) in [6.07, 6.45) is -0.299. The molecule has 1 aromatic carbocycles. The van der Waals surface area contributed by atoms with Gasteiger partial charge in [0.1, 0.15) is 11.2 Å². The van der Waals surface area contributed by atoms with Crippen molar-refractivity contribution < 1.29 is 23.8 Å². The van der Waals surface area contributed by atoms with Crippen LogP contribution in [0.4, 0.5) is 10.5 Å². The van der Waals surface area contributed by atoms with Crippen LogP contribution in [0, 0.1) is 0 Å². The van der Waals surface area contributed by atoms with Crippen molar-refractivity contribution in [3.05, 3.63) is 28.4 Å². The zero-order chi connectivity index (χ0) is 19.1. The average molecular weight is 425 g/mol. The fraction of sp³-hybridized carbons (Fsp3) is 0.444. The van der Waals surface area contributed by atoms with Crippen LogP contribution in [0.25, 0.3) is 11.0 Å². The van der Waals surface area contributed by atoms with Crippen LogP contribution >= 0.6 is 15.9 Å². The van der Waals surface area contributed by atoms with Crippen molar-refractivity contribution in [2.45, 2.75) is 26.4 Å². The highest BCUT2D eigenvalue weighted by molar-refractivity contribution is 9.10. The van der Waals surface area contributed by atoms with Gasteiger partial charge in [-0.1, -0.05) is 0 Å². The van der Waals surface area contributed by atoms with Crippen molar-refractivity contribution in [3.63, 3.8) is 0 Å². The highest BCUT2D eigenvalue weighted by Gasteiger charge is 2.27. The molecular formula is C18H21BrN2O5. The summed E-state index contributed by atoms with van der Waals surface area (Å²) in [5.74, 6) is -1.19. The molecule has 3 rings (SSSR count). The van der Waals surface area contributed by atoms with E-state index in [1.807, 2.05) is 26.8 Å². The Morgan fingerprint density at radius 2 is 1.85 bits per heavy atom. The molecule has 1 amide bonds. The molecule has 0 saturated carbocycles. The molecule has 0 spiro atoms. The molecule has 2 aromatic rings. The van der Waals surface area contributed by atoms with E-state index in [1.165, 1.54) is 6.07 Å². The Labute approximate surface area is 159 Å². The molecule has 26 heavy (non-hydrogen) atoms. The van der Waals surface area contributed by atoms with Crippen LogP contribution in [0.5, 0.6) is 0 Å². The van der Waals surface area contributed by atoms with E-state index in [-0.39, 0.29) is 11.9 Å². The highest BCUT2D eigenvalue weighted by Crippen LogP contribution is 2.36. The van der Waals surface area contributed by atoms with E-state index in [4.69, 9.17) is 14.3 Å². The monoisotopic (exact) mass is 424 g/mol. The number of hydrogen-bond acceptors (Lipinski definition) is 5. The number of halogens is 1. The Morgan fingerprint density at radius 3 is 2.42 bits per heavy atom. The van der Waals surface area contributed by atoms with Crippen LogP contribution in [-0.2, 0) is 4.74 Å². The van der Waals surface area contributed by atoms with E-state index in [0.717, 1.165) is 15.5 Å². The standard InChI is InChI=1S/C18H21BrN2O5/c1-18(2,3)26-17(24)21-8-6-20(7-9-21)12-4-5-13-11(15(12)19)10-14(25-13)16(22)23/h4-5,10H,6-9H2,1-3H3,(H,22,23). The van der Waals surface area contributed by atoms with E-state index < -0.39 is 11.6 Å². The molecule has 2 heterocycles. The van der Waals surface area contributed by atoms with Gasteiger partial charge in [0.05, 0.1) is 10.2 Å². The number of rotatable bonds is 2. The van der Waals surface area contributed by atoms with Gasteiger partial charge in [0.2, 0.25) is 5.76 Å². The van der Waals surface area contributed by atoms with Gasteiger partial charge in [-0.25, -0.2) is 9.59 Å². The predicted molar refractivity (Wildman–Crippen MR) is 101 cm³/mol. The first-order valence-electron chi connectivity index (χ1n) is 8.34. The number of carboxylic acid groups (broad SMARTS) is 1. The van der Waals surface area contributed by atoms with Crippen LogP contribution in [0.2, 0.25) is 0 Å². The molecule has 1 aliphatic heterocycles. The van der Waals surface area contributed by atoms with E-state index in [9.17, 15) is 9.59 Å². The van der Waals surface area contributed by atoms with Gasteiger partial charge in [-0.3, -0.25) is 0 Å². The molecule has 7 nitrogen and oxygen atoms in total. The lowest BCUT2D eigenvalue weighted by atomic mass is 10.2. The van der Waals surface area contributed by atoms with Gasteiger partial charge >= 0.3 is 12.1 Å². The second kappa shape index (κ2) is 6.83. The first kappa shape index (κ1) is 18.6. The fourth-order valence-corrected chi connectivity index (χ4v) is 3.57. The van der Waals surface area contributed by atoms with Gasteiger partial charge in [0, 0.05) is 37.6 Å². The molecule has 8 heteroatoms. The zero-order valence-electron chi connectivity index (χ0n) is 14.9. The third kappa shape index (κ3) is 3.80. The maximum Gasteiger partial charge on any atom is 0.410 e. The molecule has 140 valence electrons. The Kier molecular flexibility index (Phi) is 4.88. The normalized spacial score (nSPS) is 15.4. The molecule has 1 aliphatic rings. The van der Waals surface area contributed by atoms with E-state index in [2.05, 4.69) is 20.8 Å². The molecule has 1 saturated heterocycles. The maximum atomic E-state index is 12.2. The van der Waals surface area contributed by atoms with Crippen molar-refractivity contribution in [2.75, 3.05) is 31.1 Å². The lowest BCUT2D eigenvalue weighted by Crippen LogP contribution is -2.50. The number of hydrogen-bond donors (Lipinski definition) is 1. The van der Waals surface area contributed by atoms with Gasteiger partial charge in [0.25, 0.3) is 0 Å². The zero-order valence-corrected chi connectivity index (χ0v) is 16.5. The first-order chi connectivity index (χ1) is 12.2. The van der Waals surface area contributed by atoms with Gasteiger partial charge in [0.15, 0.2) is 0 Å². The van der Waals surface area contributed by atoms with Gasteiger partial charge in [-0.2, -0.15) is 0 Å². The second-order valence-electron chi connectivity index (χ2n) is 7.18. The Morgan fingerprint density at radius 1 is 1.19 bits per heavy atom. The highest BCUT2D eigenvalue weighted by atomic mass is 79.9. The van der Waals surface area contributed by atoms with Crippen molar-refractivity contribution in [3.8, 4) is 0 Å². The number of nitrogens with zero attached hydrogens (tertiary/aromatic N) is 2. The average Bonchev–Trinajstić information content (AvgIpc) is 2.99. The second-order valence-corrected chi connectivity index (χ2v) is 7.97. The van der Waals surface area contributed by atoms with Crippen molar-refractivity contribution in [2.24, 2.45) is 0 Å². The lowest BCUT2D eigenvalue weighted by Gasteiger charge is -2.37. The van der Waals surface area contributed by atoms with Crippen LogP contribution in [-0.4, -0.2) is 53.8 Å². The predicted octanol–water partition coefficient (Wildman–Crippen LogP) is 3.95. The van der Waals surface area contributed by atoms with Crippen molar-refractivity contribution in [1.29, 1.82) is 0 Å². The lowest BCUT2D eigenvalue weighted by molar-refractivity contribution is 0.0240. The summed E-state index contributed by atoms with van der Waals surface area (Å²) in [6.45, 7) is 7.99. The van der Waals surface area contributed by atoms with Crippen LogP contribution in [0.15, 0.2) is 27.1 Å². The minimum Gasteiger partial charge on any atom is -0.475 e. The topological polar surface area (TPSA) is 83.2 Å². The quantitative estimate of drug-likeness (QED) is 0.785. The molecule has 1 N–H and O–H groups in total. The number of carbonyl (C=O) groups is 2. The van der Waals surface area contributed by atoms with Crippen LogP contribution in [0.1, 0.15) is 31.3 Å². The summed E-state index contributed by atoms with van der Waals surface area (Å²) in [4.78, 5) is 27.1. The van der Waals surface area contributed by atoms with Crippen LogP contribution in [0.3, 0.4) is 0 Å². The number of anilines is 1. The van der Waals surface area contributed by atoms with Gasteiger partial charge < -0.3 is 24.1 Å². The third-order valence-electron chi connectivity index (χ3n) is 4.10. The summed E-state index contributed by atoms with van der Waals surface area (Å²) >= 11 is 3.56. The molecule has 0 bridgehead atoms. The molecule has 1 aromatic heterocycles. The first-order valence-corrected chi connectivity index (χ1v) is 9.13. The molecular weight excluding hydrogens is 404 g/mol. The number of benzene rings is 1.